The summed E-state index contributed by atoms with van der Waals surface area (Å²) < 4.78 is 1.08. The predicted octanol–water partition coefficient (Wildman–Crippen LogP) is 3.91. The highest BCUT2D eigenvalue weighted by atomic mass is 79.9. The summed E-state index contributed by atoms with van der Waals surface area (Å²) in [4.78, 5) is 4.70. The smallest absolute Gasteiger partial charge is 0.113 e. The van der Waals surface area contributed by atoms with Crippen molar-refractivity contribution in [3.8, 4) is 11.3 Å². The Morgan fingerprint density at radius 1 is 1.29 bits per heavy atom. The summed E-state index contributed by atoms with van der Waals surface area (Å²) in [6.45, 7) is 0. The van der Waals surface area contributed by atoms with Crippen molar-refractivity contribution >= 4 is 27.3 Å². The van der Waals surface area contributed by atoms with Crippen LogP contribution in [-0.4, -0.2) is 4.98 Å². The van der Waals surface area contributed by atoms with Crippen molar-refractivity contribution in [2.75, 3.05) is 0 Å². The second-order valence-electron chi connectivity index (χ2n) is 4.53. The van der Waals surface area contributed by atoms with Gasteiger partial charge >= 0.3 is 0 Å². The SMILES string of the molecule is NC1(c2nc(-c3ccccc3Br)cs2)CCC1. The Balaban J connectivity index is 1.98. The van der Waals surface area contributed by atoms with Crippen molar-refractivity contribution in [1.82, 2.24) is 4.98 Å². The second kappa shape index (κ2) is 4.19. The fourth-order valence-electron chi connectivity index (χ4n) is 2.07. The van der Waals surface area contributed by atoms with Crippen LogP contribution >= 0.6 is 27.3 Å². The highest BCUT2D eigenvalue weighted by molar-refractivity contribution is 9.10. The largest absolute Gasteiger partial charge is 0.319 e. The van der Waals surface area contributed by atoms with E-state index in [1.165, 1.54) is 6.42 Å². The molecule has 0 aliphatic heterocycles. The Bertz CT molecular complexity index is 546. The van der Waals surface area contributed by atoms with Gasteiger partial charge in [0.2, 0.25) is 0 Å². The molecular weight excluding hydrogens is 296 g/mol. The van der Waals surface area contributed by atoms with Crippen LogP contribution in [0.1, 0.15) is 24.3 Å². The number of nitrogens with zero attached hydrogens (tertiary/aromatic N) is 1. The van der Waals surface area contributed by atoms with E-state index in [0.717, 1.165) is 33.6 Å². The summed E-state index contributed by atoms with van der Waals surface area (Å²) in [6, 6.07) is 8.15. The van der Waals surface area contributed by atoms with Gasteiger partial charge in [-0.2, -0.15) is 0 Å². The maximum atomic E-state index is 6.29. The quantitative estimate of drug-likeness (QED) is 0.913. The lowest BCUT2D eigenvalue weighted by Gasteiger charge is -2.35. The number of thiazole rings is 1. The van der Waals surface area contributed by atoms with Gasteiger partial charge in [-0.3, -0.25) is 0 Å². The van der Waals surface area contributed by atoms with E-state index >= 15 is 0 Å². The van der Waals surface area contributed by atoms with Gasteiger partial charge in [-0.25, -0.2) is 4.98 Å². The van der Waals surface area contributed by atoms with Crippen molar-refractivity contribution in [3.05, 3.63) is 39.1 Å². The lowest BCUT2D eigenvalue weighted by atomic mass is 9.78. The highest BCUT2D eigenvalue weighted by Crippen LogP contribution is 2.41. The van der Waals surface area contributed by atoms with E-state index in [0.29, 0.717) is 0 Å². The average Bonchev–Trinajstić information content (AvgIpc) is 2.76. The molecule has 4 heteroatoms. The molecule has 17 heavy (non-hydrogen) atoms. The molecule has 2 aromatic rings. The summed E-state index contributed by atoms with van der Waals surface area (Å²) in [5, 5.41) is 3.18. The first-order valence-corrected chi connectivity index (χ1v) is 7.36. The number of halogens is 1. The second-order valence-corrected chi connectivity index (χ2v) is 6.24. The minimum atomic E-state index is -0.149. The number of hydrogen-bond acceptors (Lipinski definition) is 3. The molecule has 0 saturated heterocycles. The number of hydrogen-bond donors (Lipinski definition) is 1. The average molecular weight is 309 g/mol. The van der Waals surface area contributed by atoms with Crippen LogP contribution in [0.25, 0.3) is 11.3 Å². The van der Waals surface area contributed by atoms with Gasteiger partial charge in [0, 0.05) is 15.4 Å². The molecule has 0 amide bonds. The van der Waals surface area contributed by atoms with E-state index in [9.17, 15) is 0 Å². The van der Waals surface area contributed by atoms with Crippen molar-refractivity contribution in [1.29, 1.82) is 0 Å². The van der Waals surface area contributed by atoms with Gasteiger partial charge in [-0.05, 0) is 25.3 Å². The molecule has 0 radical (unpaired) electrons. The molecule has 0 spiro atoms. The lowest BCUT2D eigenvalue weighted by Crippen LogP contribution is -2.43. The van der Waals surface area contributed by atoms with Crippen LogP contribution in [0.3, 0.4) is 0 Å². The molecular formula is C13H13BrN2S. The molecule has 3 rings (SSSR count). The molecule has 1 fully saturated rings. The molecule has 2 N–H and O–H groups in total. The van der Waals surface area contributed by atoms with Crippen LogP contribution < -0.4 is 5.73 Å². The Labute approximate surface area is 113 Å². The lowest BCUT2D eigenvalue weighted by molar-refractivity contribution is 0.253. The minimum absolute atomic E-state index is 0.149. The van der Waals surface area contributed by atoms with E-state index in [1.54, 1.807) is 11.3 Å². The summed E-state index contributed by atoms with van der Waals surface area (Å²) >= 11 is 5.24. The van der Waals surface area contributed by atoms with Crippen molar-refractivity contribution in [2.24, 2.45) is 5.73 Å². The van der Waals surface area contributed by atoms with E-state index < -0.39 is 0 Å². The molecule has 1 heterocycles. The number of benzene rings is 1. The maximum absolute atomic E-state index is 6.29. The van der Waals surface area contributed by atoms with Gasteiger partial charge in [0.15, 0.2) is 0 Å². The van der Waals surface area contributed by atoms with E-state index in [4.69, 9.17) is 10.7 Å². The van der Waals surface area contributed by atoms with Gasteiger partial charge in [0.25, 0.3) is 0 Å². The monoisotopic (exact) mass is 308 g/mol. The Kier molecular flexibility index (Phi) is 2.81. The van der Waals surface area contributed by atoms with Crippen LogP contribution in [0.15, 0.2) is 34.1 Å². The van der Waals surface area contributed by atoms with E-state index in [1.807, 2.05) is 18.2 Å². The molecule has 2 nitrogen and oxygen atoms in total. The summed E-state index contributed by atoms with van der Waals surface area (Å²) in [7, 11) is 0. The Morgan fingerprint density at radius 2 is 2.06 bits per heavy atom. The van der Waals surface area contributed by atoms with Crippen molar-refractivity contribution < 1.29 is 0 Å². The van der Waals surface area contributed by atoms with E-state index in [-0.39, 0.29) is 5.54 Å². The zero-order valence-corrected chi connectivity index (χ0v) is 11.7. The first-order valence-electron chi connectivity index (χ1n) is 5.69. The van der Waals surface area contributed by atoms with Gasteiger partial charge in [-0.1, -0.05) is 34.1 Å². The zero-order valence-electron chi connectivity index (χ0n) is 9.32. The fourth-order valence-corrected chi connectivity index (χ4v) is 3.55. The molecule has 0 unspecified atom stereocenters. The van der Waals surface area contributed by atoms with E-state index in [2.05, 4.69) is 27.4 Å². The van der Waals surface area contributed by atoms with Gasteiger partial charge < -0.3 is 5.73 Å². The summed E-state index contributed by atoms with van der Waals surface area (Å²) in [5.74, 6) is 0. The number of nitrogens with two attached hydrogens (primary N) is 1. The summed E-state index contributed by atoms with van der Waals surface area (Å²) in [5.41, 5.74) is 8.30. The topological polar surface area (TPSA) is 38.9 Å². The van der Waals surface area contributed by atoms with Crippen LogP contribution in [0.5, 0.6) is 0 Å². The van der Waals surface area contributed by atoms with Crippen molar-refractivity contribution in [2.45, 2.75) is 24.8 Å². The Hall–Kier alpha value is -0.710. The van der Waals surface area contributed by atoms with Crippen LogP contribution in [-0.2, 0) is 5.54 Å². The van der Waals surface area contributed by atoms with Crippen LogP contribution in [0.2, 0.25) is 0 Å². The van der Waals surface area contributed by atoms with Crippen LogP contribution in [0, 0.1) is 0 Å². The van der Waals surface area contributed by atoms with Crippen LogP contribution in [0.4, 0.5) is 0 Å². The maximum Gasteiger partial charge on any atom is 0.113 e. The van der Waals surface area contributed by atoms with Crippen molar-refractivity contribution in [3.63, 3.8) is 0 Å². The first-order chi connectivity index (χ1) is 8.19. The number of aromatic nitrogens is 1. The minimum Gasteiger partial charge on any atom is -0.319 e. The molecule has 88 valence electrons. The number of rotatable bonds is 2. The molecule has 0 bridgehead atoms. The molecule has 1 aromatic carbocycles. The highest BCUT2D eigenvalue weighted by Gasteiger charge is 2.37. The molecule has 1 aliphatic carbocycles. The molecule has 0 atom stereocenters. The fraction of sp³-hybridized carbons (Fsp3) is 0.308. The third kappa shape index (κ3) is 1.94. The molecule has 1 aliphatic rings. The standard InChI is InChI=1S/C13H13BrN2S/c14-10-5-2-1-4-9(10)11-8-17-12(16-11)13(15)6-3-7-13/h1-2,4-5,8H,3,6-7,15H2. The van der Waals surface area contributed by atoms with Gasteiger partial charge in [-0.15, -0.1) is 11.3 Å². The Morgan fingerprint density at radius 3 is 2.71 bits per heavy atom. The third-order valence-corrected chi connectivity index (χ3v) is 5.08. The third-order valence-electron chi connectivity index (χ3n) is 3.33. The van der Waals surface area contributed by atoms with Gasteiger partial charge in [0.1, 0.15) is 5.01 Å². The first kappa shape index (κ1) is 11.4. The normalized spacial score (nSPS) is 17.8. The zero-order chi connectivity index (χ0) is 11.9. The van der Waals surface area contributed by atoms with Gasteiger partial charge in [0.05, 0.1) is 11.2 Å². The summed E-state index contributed by atoms with van der Waals surface area (Å²) in [6.07, 6.45) is 3.35. The predicted molar refractivity (Wildman–Crippen MR) is 75.0 cm³/mol. The molecule has 1 aromatic heterocycles. The molecule has 1 saturated carbocycles.